The van der Waals surface area contributed by atoms with Gasteiger partial charge in [-0.2, -0.15) is 5.10 Å². The van der Waals surface area contributed by atoms with Gasteiger partial charge < -0.3 is 20.9 Å². The van der Waals surface area contributed by atoms with Crippen LogP contribution >= 0.6 is 0 Å². The SMILES string of the molecule is CNC(=O)C(CC(N)=O)n1nc(C=Cc2ccc(F)cc2)c2c(OC)c(C(=O)O)ccc21. The minimum absolute atomic E-state index is 0.0507. The van der Waals surface area contributed by atoms with E-state index >= 15 is 0 Å². The number of carbonyl (C=O) groups is 3. The van der Waals surface area contributed by atoms with Gasteiger partial charge in [0.2, 0.25) is 11.8 Å². The molecule has 3 rings (SSSR count). The number of nitrogens with two attached hydrogens (primary N) is 1. The van der Waals surface area contributed by atoms with Crippen molar-refractivity contribution >= 4 is 40.8 Å². The summed E-state index contributed by atoms with van der Waals surface area (Å²) in [5, 5.41) is 16.8. The summed E-state index contributed by atoms with van der Waals surface area (Å²) < 4.78 is 19.9. The number of carboxylic acids is 1. The molecule has 2 amide bonds. The lowest BCUT2D eigenvalue weighted by molar-refractivity contribution is -0.128. The number of benzene rings is 2. The number of amides is 2. The van der Waals surface area contributed by atoms with Crippen LogP contribution in [0.25, 0.3) is 23.1 Å². The molecule has 0 radical (unpaired) electrons. The summed E-state index contributed by atoms with van der Waals surface area (Å²) in [5.41, 5.74) is 6.58. The fourth-order valence-electron chi connectivity index (χ4n) is 3.36. The average Bonchev–Trinajstić information content (AvgIpc) is 3.14. The number of likely N-dealkylation sites (N-methyl/N-ethyl adjacent to an activating group) is 1. The molecule has 9 nitrogen and oxygen atoms in total. The number of aromatic carboxylic acids is 1. The van der Waals surface area contributed by atoms with E-state index in [0.717, 1.165) is 0 Å². The maximum atomic E-state index is 13.2. The second kappa shape index (κ2) is 9.29. The van der Waals surface area contributed by atoms with Gasteiger partial charge in [-0.1, -0.05) is 18.2 Å². The van der Waals surface area contributed by atoms with E-state index < -0.39 is 23.8 Å². The van der Waals surface area contributed by atoms with Crippen molar-refractivity contribution in [3.63, 3.8) is 0 Å². The number of aromatic nitrogens is 2. The Morgan fingerprint density at radius 2 is 1.91 bits per heavy atom. The van der Waals surface area contributed by atoms with Crippen LogP contribution in [0.3, 0.4) is 0 Å². The van der Waals surface area contributed by atoms with E-state index in [1.165, 1.54) is 43.1 Å². The Kier molecular flexibility index (Phi) is 6.53. The number of primary amides is 1. The highest BCUT2D eigenvalue weighted by Crippen LogP contribution is 2.35. The van der Waals surface area contributed by atoms with Gasteiger partial charge in [0.05, 0.1) is 30.1 Å². The molecule has 2 aromatic carbocycles. The zero-order chi connectivity index (χ0) is 23.4. The Balaban J connectivity index is 2.27. The van der Waals surface area contributed by atoms with Gasteiger partial charge >= 0.3 is 5.97 Å². The molecule has 0 bridgehead atoms. The third kappa shape index (κ3) is 4.43. The standard InChI is InChI=1S/C22H21FN4O5/c1-25-21(29)17(11-18(24)28)27-16-10-8-14(22(30)31)20(32-2)19(16)15(26-27)9-5-12-3-6-13(23)7-4-12/h3-10,17H,11H2,1-2H3,(H2,24,28)(H,25,29)(H,30,31). The number of hydrogen-bond donors (Lipinski definition) is 3. The van der Waals surface area contributed by atoms with Gasteiger partial charge in [-0.3, -0.25) is 14.3 Å². The van der Waals surface area contributed by atoms with Gasteiger partial charge in [-0.05, 0) is 35.9 Å². The second-order valence-electron chi connectivity index (χ2n) is 6.86. The fourth-order valence-corrected chi connectivity index (χ4v) is 3.36. The highest BCUT2D eigenvalue weighted by atomic mass is 19.1. The number of carboxylic acid groups (broad SMARTS) is 1. The number of hydrogen-bond acceptors (Lipinski definition) is 5. The monoisotopic (exact) mass is 440 g/mol. The third-order valence-corrected chi connectivity index (χ3v) is 4.83. The Hall–Kier alpha value is -4.21. The summed E-state index contributed by atoms with van der Waals surface area (Å²) in [6.07, 6.45) is 2.92. The van der Waals surface area contributed by atoms with Crippen LogP contribution in [0.15, 0.2) is 36.4 Å². The highest BCUT2D eigenvalue weighted by Gasteiger charge is 2.28. The van der Waals surface area contributed by atoms with Crippen molar-refractivity contribution in [2.75, 3.05) is 14.2 Å². The largest absolute Gasteiger partial charge is 0.495 e. The molecular weight excluding hydrogens is 419 g/mol. The minimum Gasteiger partial charge on any atom is -0.495 e. The first-order valence-corrected chi connectivity index (χ1v) is 9.52. The lowest BCUT2D eigenvalue weighted by Gasteiger charge is -2.16. The summed E-state index contributed by atoms with van der Waals surface area (Å²) in [5.74, 6) is -2.74. The number of rotatable bonds is 8. The first-order valence-electron chi connectivity index (χ1n) is 9.52. The van der Waals surface area contributed by atoms with Crippen molar-refractivity contribution in [2.24, 2.45) is 5.73 Å². The quantitative estimate of drug-likeness (QED) is 0.491. The van der Waals surface area contributed by atoms with E-state index in [9.17, 15) is 23.9 Å². The summed E-state index contributed by atoms with van der Waals surface area (Å²) in [6.45, 7) is 0. The van der Waals surface area contributed by atoms with Crippen molar-refractivity contribution in [3.8, 4) is 5.75 Å². The second-order valence-corrected chi connectivity index (χ2v) is 6.86. The minimum atomic E-state index is -1.20. The molecular formula is C22H21FN4O5. The van der Waals surface area contributed by atoms with Gasteiger partial charge in [-0.15, -0.1) is 0 Å². The number of methoxy groups -OCH3 is 1. The normalized spacial score (nSPS) is 12.1. The number of carbonyl (C=O) groups excluding carboxylic acids is 2. The summed E-state index contributed by atoms with van der Waals surface area (Å²) in [4.78, 5) is 35.8. The molecule has 32 heavy (non-hydrogen) atoms. The molecule has 0 aliphatic heterocycles. The maximum Gasteiger partial charge on any atom is 0.339 e. The Morgan fingerprint density at radius 1 is 1.22 bits per heavy atom. The predicted molar refractivity (Wildman–Crippen MR) is 115 cm³/mol. The van der Waals surface area contributed by atoms with Crippen molar-refractivity contribution in [2.45, 2.75) is 12.5 Å². The fraction of sp³-hybridized carbons (Fsp3) is 0.182. The molecule has 0 saturated carbocycles. The molecule has 1 unspecified atom stereocenters. The molecule has 4 N–H and O–H groups in total. The zero-order valence-corrected chi connectivity index (χ0v) is 17.3. The van der Waals surface area contributed by atoms with Crippen LogP contribution in [0.1, 0.15) is 34.1 Å². The van der Waals surface area contributed by atoms with E-state index in [1.54, 1.807) is 24.3 Å². The lowest BCUT2D eigenvalue weighted by atomic mass is 10.1. The molecule has 1 atom stereocenters. The van der Waals surface area contributed by atoms with Crippen LogP contribution in [0, 0.1) is 5.82 Å². The van der Waals surface area contributed by atoms with Crippen LogP contribution in [0.4, 0.5) is 4.39 Å². The van der Waals surface area contributed by atoms with E-state index in [-0.39, 0.29) is 23.6 Å². The molecule has 0 saturated heterocycles. The third-order valence-electron chi connectivity index (χ3n) is 4.83. The van der Waals surface area contributed by atoms with E-state index in [1.807, 2.05) is 0 Å². The van der Waals surface area contributed by atoms with Crippen molar-refractivity contribution in [1.82, 2.24) is 15.1 Å². The van der Waals surface area contributed by atoms with Crippen LogP contribution in [0.2, 0.25) is 0 Å². The molecule has 0 aliphatic carbocycles. The van der Waals surface area contributed by atoms with Gasteiger partial charge in [0.25, 0.3) is 0 Å². The number of nitrogens with zero attached hydrogens (tertiary/aromatic N) is 2. The van der Waals surface area contributed by atoms with Crippen molar-refractivity contribution < 1.29 is 28.6 Å². The highest BCUT2D eigenvalue weighted by molar-refractivity contribution is 6.03. The van der Waals surface area contributed by atoms with E-state index in [2.05, 4.69) is 10.4 Å². The smallest absolute Gasteiger partial charge is 0.339 e. The molecule has 0 fully saturated rings. The average molecular weight is 440 g/mol. The number of nitrogens with one attached hydrogen (secondary N) is 1. The van der Waals surface area contributed by atoms with Crippen molar-refractivity contribution in [3.05, 3.63) is 59.0 Å². The lowest BCUT2D eigenvalue weighted by Crippen LogP contribution is -2.33. The van der Waals surface area contributed by atoms with Crippen LogP contribution < -0.4 is 15.8 Å². The first-order chi connectivity index (χ1) is 15.3. The summed E-state index contributed by atoms with van der Waals surface area (Å²) in [7, 11) is 2.74. The molecule has 0 aliphatic rings. The number of halogens is 1. The molecule has 3 aromatic rings. The molecule has 1 heterocycles. The number of ether oxygens (including phenoxy) is 1. The van der Waals surface area contributed by atoms with E-state index in [0.29, 0.717) is 22.2 Å². The van der Waals surface area contributed by atoms with Crippen molar-refractivity contribution in [1.29, 1.82) is 0 Å². The van der Waals surface area contributed by atoms with Crippen LogP contribution in [0.5, 0.6) is 5.75 Å². The predicted octanol–water partition coefficient (Wildman–Crippen LogP) is 2.22. The van der Waals surface area contributed by atoms with Gasteiger partial charge in [-0.25, -0.2) is 9.18 Å². The Labute approximate surface area is 182 Å². The zero-order valence-electron chi connectivity index (χ0n) is 17.3. The van der Waals surface area contributed by atoms with Gasteiger partial charge in [0.15, 0.2) is 0 Å². The summed E-state index contributed by atoms with van der Waals surface area (Å²) in [6, 6.07) is 7.48. The van der Waals surface area contributed by atoms with E-state index in [4.69, 9.17) is 10.5 Å². The molecule has 0 spiro atoms. The van der Waals surface area contributed by atoms with Gasteiger partial charge in [0.1, 0.15) is 23.2 Å². The van der Waals surface area contributed by atoms with Crippen LogP contribution in [-0.2, 0) is 9.59 Å². The first kappa shape index (κ1) is 22.5. The Morgan fingerprint density at radius 3 is 2.47 bits per heavy atom. The Bertz CT molecular complexity index is 1220. The topological polar surface area (TPSA) is 137 Å². The molecule has 166 valence electrons. The molecule has 10 heteroatoms. The number of fused-ring (bicyclic) bond motifs is 1. The van der Waals surface area contributed by atoms with Gasteiger partial charge in [0, 0.05) is 7.05 Å². The molecule has 1 aromatic heterocycles. The maximum absolute atomic E-state index is 13.2. The summed E-state index contributed by atoms with van der Waals surface area (Å²) >= 11 is 0. The van der Waals surface area contributed by atoms with Crippen LogP contribution in [-0.4, -0.2) is 46.8 Å².